The van der Waals surface area contributed by atoms with Crippen LogP contribution in [0.15, 0.2) is 65.6 Å². The molecule has 0 bridgehead atoms. The number of hydrogen-bond donors (Lipinski definition) is 2. The fourth-order valence-corrected chi connectivity index (χ4v) is 2.93. The molecule has 2 aromatic rings. The minimum absolute atomic E-state index is 0.0720. The average Bonchev–Trinajstić information content (AvgIpc) is 2.59. The molecule has 2 N–H and O–H groups in total. The van der Waals surface area contributed by atoms with Crippen molar-refractivity contribution in [1.82, 2.24) is 10.0 Å². The smallest absolute Gasteiger partial charge is 0.241 e. The van der Waals surface area contributed by atoms with Gasteiger partial charge in [0.1, 0.15) is 12.3 Å². The molecule has 23 heavy (non-hydrogen) atoms. The average molecular weight is 332 g/mol. The maximum Gasteiger partial charge on any atom is 0.241 e. The summed E-state index contributed by atoms with van der Waals surface area (Å²) in [6.07, 6.45) is 0.596. The van der Waals surface area contributed by atoms with Crippen molar-refractivity contribution >= 4 is 22.2 Å². The standard InChI is InChI=1S/C16H16N2O4S/c19-12-15(13-7-3-1-4-8-13)18-16(20)11-17-23(21,22)14-9-5-2-6-10-14/h1-10,12,15,17H,11H2,(H,18,20). The zero-order valence-electron chi connectivity index (χ0n) is 12.2. The first-order valence-electron chi connectivity index (χ1n) is 6.87. The van der Waals surface area contributed by atoms with E-state index in [0.717, 1.165) is 0 Å². The van der Waals surface area contributed by atoms with E-state index >= 15 is 0 Å². The lowest BCUT2D eigenvalue weighted by Gasteiger charge is -2.13. The topological polar surface area (TPSA) is 92.3 Å². The van der Waals surface area contributed by atoms with E-state index in [0.29, 0.717) is 11.8 Å². The maximum absolute atomic E-state index is 12.0. The van der Waals surface area contributed by atoms with Gasteiger partial charge in [0.15, 0.2) is 0 Å². The molecule has 0 aliphatic carbocycles. The van der Waals surface area contributed by atoms with Crippen molar-refractivity contribution in [3.63, 3.8) is 0 Å². The molecule has 2 rings (SSSR count). The van der Waals surface area contributed by atoms with E-state index in [1.54, 1.807) is 48.5 Å². The zero-order valence-corrected chi connectivity index (χ0v) is 13.0. The first-order chi connectivity index (χ1) is 11.0. The SMILES string of the molecule is O=CC(NC(=O)CNS(=O)(=O)c1ccccc1)c1ccccc1. The number of carbonyl (C=O) groups is 2. The molecular formula is C16H16N2O4S. The Morgan fingerprint density at radius 3 is 2.13 bits per heavy atom. The monoisotopic (exact) mass is 332 g/mol. The van der Waals surface area contributed by atoms with Crippen LogP contribution < -0.4 is 10.0 Å². The molecule has 0 fully saturated rings. The molecule has 0 spiro atoms. The lowest BCUT2D eigenvalue weighted by molar-refractivity contribution is -0.123. The van der Waals surface area contributed by atoms with Gasteiger partial charge in [-0.3, -0.25) is 4.79 Å². The highest BCUT2D eigenvalue weighted by Crippen LogP contribution is 2.10. The van der Waals surface area contributed by atoms with Gasteiger partial charge in [-0.1, -0.05) is 48.5 Å². The highest BCUT2D eigenvalue weighted by atomic mass is 32.2. The Bertz CT molecular complexity index is 761. The number of benzene rings is 2. The minimum atomic E-state index is -3.76. The quantitative estimate of drug-likeness (QED) is 0.741. The van der Waals surface area contributed by atoms with Crippen molar-refractivity contribution in [2.45, 2.75) is 10.9 Å². The van der Waals surface area contributed by atoms with Crippen LogP contribution in [-0.4, -0.2) is 27.2 Å². The summed E-state index contributed by atoms with van der Waals surface area (Å²) >= 11 is 0. The predicted molar refractivity (Wildman–Crippen MR) is 85.0 cm³/mol. The summed E-state index contributed by atoms with van der Waals surface area (Å²) in [5.41, 5.74) is 0.627. The third-order valence-electron chi connectivity index (χ3n) is 3.09. The lowest BCUT2D eigenvalue weighted by atomic mass is 10.1. The Hall–Kier alpha value is -2.51. The van der Waals surface area contributed by atoms with E-state index in [-0.39, 0.29) is 4.90 Å². The third-order valence-corrected chi connectivity index (χ3v) is 4.50. The van der Waals surface area contributed by atoms with Gasteiger partial charge in [-0.25, -0.2) is 13.1 Å². The van der Waals surface area contributed by atoms with Gasteiger partial charge in [-0.15, -0.1) is 0 Å². The number of carbonyl (C=O) groups excluding carboxylic acids is 2. The number of sulfonamides is 1. The Balaban J connectivity index is 1.96. The molecule has 0 radical (unpaired) electrons. The van der Waals surface area contributed by atoms with Crippen molar-refractivity contribution < 1.29 is 18.0 Å². The molecule has 0 saturated carbocycles. The van der Waals surface area contributed by atoms with Gasteiger partial charge in [0, 0.05) is 0 Å². The molecule has 1 unspecified atom stereocenters. The van der Waals surface area contributed by atoms with E-state index in [1.807, 2.05) is 0 Å². The van der Waals surface area contributed by atoms with Crippen molar-refractivity contribution in [1.29, 1.82) is 0 Å². The fourth-order valence-electron chi connectivity index (χ4n) is 1.92. The fraction of sp³-hybridized carbons (Fsp3) is 0.125. The second-order valence-electron chi connectivity index (χ2n) is 4.73. The van der Waals surface area contributed by atoms with Crippen molar-refractivity contribution in [3.8, 4) is 0 Å². The van der Waals surface area contributed by atoms with Gasteiger partial charge in [-0.2, -0.15) is 0 Å². The van der Waals surface area contributed by atoms with E-state index in [2.05, 4.69) is 10.0 Å². The molecule has 0 aliphatic heterocycles. The second-order valence-corrected chi connectivity index (χ2v) is 6.50. The molecule has 2 aromatic carbocycles. The van der Waals surface area contributed by atoms with E-state index in [1.165, 1.54) is 12.1 Å². The molecule has 120 valence electrons. The summed E-state index contributed by atoms with van der Waals surface area (Å²) in [5.74, 6) is -0.592. The molecule has 6 nitrogen and oxygen atoms in total. The molecule has 0 aliphatic rings. The molecular weight excluding hydrogens is 316 g/mol. The first-order valence-corrected chi connectivity index (χ1v) is 8.35. The Kier molecular flexibility index (Phi) is 5.61. The molecule has 1 atom stereocenters. The van der Waals surface area contributed by atoms with Crippen molar-refractivity contribution in [2.24, 2.45) is 0 Å². The van der Waals surface area contributed by atoms with Crippen LogP contribution in [0.1, 0.15) is 11.6 Å². The summed E-state index contributed by atoms with van der Waals surface area (Å²) < 4.78 is 26.2. The van der Waals surface area contributed by atoms with Crippen LogP contribution in [0.4, 0.5) is 0 Å². The van der Waals surface area contributed by atoms with Crippen LogP contribution >= 0.6 is 0 Å². The highest BCUT2D eigenvalue weighted by molar-refractivity contribution is 7.89. The number of rotatable bonds is 7. The second kappa shape index (κ2) is 7.66. The minimum Gasteiger partial charge on any atom is -0.341 e. The maximum atomic E-state index is 12.0. The van der Waals surface area contributed by atoms with Gasteiger partial charge in [0.05, 0.1) is 11.4 Å². The van der Waals surface area contributed by atoms with Crippen LogP contribution in [0, 0.1) is 0 Å². The Morgan fingerprint density at radius 2 is 1.57 bits per heavy atom. The van der Waals surface area contributed by atoms with Gasteiger partial charge >= 0.3 is 0 Å². The van der Waals surface area contributed by atoms with Crippen LogP contribution in [0.2, 0.25) is 0 Å². The third kappa shape index (κ3) is 4.73. The lowest BCUT2D eigenvalue weighted by Crippen LogP contribution is -2.39. The van der Waals surface area contributed by atoms with E-state index < -0.39 is 28.5 Å². The summed E-state index contributed by atoms with van der Waals surface area (Å²) in [6.45, 7) is -0.450. The normalized spacial score (nSPS) is 12.3. The highest BCUT2D eigenvalue weighted by Gasteiger charge is 2.17. The van der Waals surface area contributed by atoms with Crippen LogP contribution in [-0.2, 0) is 19.6 Å². The number of aldehydes is 1. The Morgan fingerprint density at radius 1 is 1.00 bits per heavy atom. The van der Waals surface area contributed by atoms with Crippen molar-refractivity contribution in [2.75, 3.05) is 6.54 Å². The molecule has 1 amide bonds. The molecule has 0 aromatic heterocycles. The first kappa shape index (κ1) is 16.9. The Labute approximate surface area is 134 Å². The van der Waals surface area contributed by atoms with Gasteiger partial charge in [0.2, 0.25) is 15.9 Å². The summed E-state index contributed by atoms with van der Waals surface area (Å²) in [7, 11) is -3.76. The van der Waals surface area contributed by atoms with Crippen LogP contribution in [0.3, 0.4) is 0 Å². The number of nitrogens with one attached hydrogen (secondary N) is 2. The van der Waals surface area contributed by atoms with Crippen LogP contribution in [0.25, 0.3) is 0 Å². The largest absolute Gasteiger partial charge is 0.341 e. The van der Waals surface area contributed by atoms with Gasteiger partial charge in [-0.05, 0) is 17.7 Å². The van der Waals surface area contributed by atoms with Gasteiger partial charge < -0.3 is 10.1 Å². The predicted octanol–water partition coefficient (Wildman–Crippen LogP) is 1.02. The van der Waals surface area contributed by atoms with Crippen molar-refractivity contribution in [3.05, 3.63) is 66.2 Å². The van der Waals surface area contributed by atoms with Crippen LogP contribution in [0.5, 0.6) is 0 Å². The summed E-state index contributed by atoms with van der Waals surface area (Å²) in [5, 5.41) is 2.47. The molecule has 7 heteroatoms. The van der Waals surface area contributed by atoms with E-state index in [4.69, 9.17) is 0 Å². The van der Waals surface area contributed by atoms with Gasteiger partial charge in [0.25, 0.3) is 0 Å². The zero-order chi connectivity index (χ0) is 16.7. The molecule has 0 saturated heterocycles. The summed E-state index contributed by atoms with van der Waals surface area (Å²) in [6, 6.07) is 15.6. The molecule has 0 heterocycles. The number of amides is 1. The number of hydrogen-bond acceptors (Lipinski definition) is 4. The summed E-state index contributed by atoms with van der Waals surface area (Å²) in [4.78, 5) is 23.0. The van der Waals surface area contributed by atoms with E-state index in [9.17, 15) is 18.0 Å².